The van der Waals surface area contributed by atoms with E-state index in [0.717, 1.165) is 23.9 Å². The number of nitrogens with one attached hydrogen (secondary N) is 1. The summed E-state index contributed by atoms with van der Waals surface area (Å²) in [5, 5.41) is 12.3. The molecule has 3 N–H and O–H groups in total. The molecule has 0 bridgehead atoms. The lowest BCUT2D eigenvalue weighted by molar-refractivity contribution is -0.122. The molecule has 1 aliphatic rings. The number of carbonyl (C=O) groups is 1. The maximum atomic E-state index is 11.7. The van der Waals surface area contributed by atoms with E-state index in [2.05, 4.69) is 21.4 Å². The number of anilines is 1. The number of nitriles is 1. The van der Waals surface area contributed by atoms with Gasteiger partial charge in [-0.25, -0.2) is 9.97 Å². The molecule has 2 aromatic heterocycles. The average Bonchev–Trinajstić information content (AvgIpc) is 3.40. The van der Waals surface area contributed by atoms with Crippen molar-refractivity contribution in [2.24, 2.45) is 5.92 Å². The van der Waals surface area contributed by atoms with Gasteiger partial charge in [0.05, 0.1) is 11.0 Å². The number of nitrogens with two attached hydrogens (primary N) is 1. The Morgan fingerprint density at radius 3 is 2.71 bits per heavy atom. The molecular weight excluding hydrogens is 304 g/mol. The van der Waals surface area contributed by atoms with Gasteiger partial charge in [0, 0.05) is 19.0 Å². The number of aromatic nitrogens is 3. The van der Waals surface area contributed by atoms with Crippen molar-refractivity contribution in [3.63, 3.8) is 0 Å². The fourth-order valence-corrected chi connectivity index (χ4v) is 2.83. The van der Waals surface area contributed by atoms with E-state index in [-0.39, 0.29) is 11.8 Å². The van der Waals surface area contributed by atoms with Crippen LogP contribution in [-0.2, 0) is 11.3 Å². The summed E-state index contributed by atoms with van der Waals surface area (Å²) < 4.78 is 1.75. The lowest BCUT2D eigenvalue weighted by Crippen LogP contribution is -2.28. The number of nitrogens with zero attached hydrogens (tertiary/aromatic N) is 4. The summed E-state index contributed by atoms with van der Waals surface area (Å²) in [6.07, 6.45) is 1.94. The minimum atomic E-state index is 0.0853. The first-order valence-corrected chi connectivity index (χ1v) is 7.91. The highest BCUT2D eigenvalue weighted by molar-refractivity contribution is 5.92. The Kier molecular flexibility index (Phi) is 3.31. The van der Waals surface area contributed by atoms with Crippen molar-refractivity contribution >= 4 is 33.9 Å². The van der Waals surface area contributed by atoms with Crippen molar-refractivity contribution in [1.82, 2.24) is 19.9 Å². The van der Waals surface area contributed by atoms with E-state index in [0.29, 0.717) is 35.6 Å². The topological polar surface area (TPSA) is 110 Å². The highest BCUT2D eigenvalue weighted by Crippen LogP contribution is 2.29. The van der Waals surface area contributed by atoms with Gasteiger partial charge in [-0.15, -0.1) is 0 Å². The number of para-hydroxylation sites is 2. The van der Waals surface area contributed by atoms with E-state index >= 15 is 0 Å². The van der Waals surface area contributed by atoms with Gasteiger partial charge >= 0.3 is 0 Å². The Morgan fingerprint density at radius 1 is 1.33 bits per heavy atom. The number of benzene rings is 1. The molecule has 0 unspecified atom stereocenters. The van der Waals surface area contributed by atoms with Gasteiger partial charge in [0.15, 0.2) is 5.65 Å². The molecule has 0 saturated heterocycles. The van der Waals surface area contributed by atoms with Gasteiger partial charge in [-0.2, -0.15) is 5.26 Å². The molecule has 3 aromatic rings. The van der Waals surface area contributed by atoms with Crippen LogP contribution in [0.2, 0.25) is 0 Å². The standard InChI is InChI=1S/C17H16N6O/c18-9-11-14-16(22-13-4-2-1-3-12(13)21-14)23(15(11)19)8-7-20-17(24)10-5-6-10/h1-4,10H,5-8,19H2,(H,20,24). The van der Waals surface area contributed by atoms with Crippen molar-refractivity contribution in [3.8, 4) is 6.07 Å². The molecule has 1 aliphatic carbocycles. The molecular formula is C17H16N6O. The van der Waals surface area contributed by atoms with Crippen LogP contribution in [0.5, 0.6) is 0 Å². The van der Waals surface area contributed by atoms with Crippen molar-refractivity contribution in [3.05, 3.63) is 29.8 Å². The normalized spacial score (nSPS) is 14.0. The number of fused-ring (bicyclic) bond motifs is 2. The second-order valence-electron chi connectivity index (χ2n) is 5.97. The molecule has 0 atom stereocenters. The Morgan fingerprint density at radius 2 is 2.04 bits per heavy atom. The SMILES string of the molecule is N#Cc1c(N)n(CCNC(=O)C2CC2)c2nc3ccccc3nc12. The van der Waals surface area contributed by atoms with E-state index in [1.54, 1.807) is 4.57 Å². The van der Waals surface area contributed by atoms with Crippen LogP contribution in [0.3, 0.4) is 0 Å². The summed E-state index contributed by atoms with van der Waals surface area (Å²) in [5.74, 6) is 0.590. The average molecular weight is 320 g/mol. The Hall–Kier alpha value is -3.14. The molecule has 0 spiro atoms. The number of nitrogen functional groups attached to an aromatic ring is 1. The molecule has 1 aromatic carbocycles. The van der Waals surface area contributed by atoms with Gasteiger partial charge in [0.25, 0.3) is 0 Å². The minimum Gasteiger partial charge on any atom is -0.384 e. The first-order chi connectivity index (χ1) is 11.7. The number of carbonyl (C=O) groups excluding carboxylic acids is 1. The van der Waals surface area contributed by atoms with Crippen molar-refractivity contribution in [2.75, 3.05) is 12.3 Å². The molecule has 120 valence electrons. The third-order valence-corrected chi connectivity index (χ3v) is 4.29. The summed E-state index contributed by atoms with van der Waals surface area (Å²) >= 11 is 0. The Balaban J connectivity index is 1.73. The zero-order valence-electron chi connectivity index (χ0n) is 13.0. The first-order valence-electron chi connectivity index (χ1n) is 7.91. The van der Waals surface area contributed by atoms with Crippen molar-refractivity contribution < 1.29 is 4.79 Å². The highest BCUT2D eigenvalue weighted by Gasteiger charge is 2.29. The van der Waals surface area contributed by atoms with Crippen LogP contribution < -0.4 is 11.1 Å². The zero-order chi connectivity index (χ0) is 16.7. The molecule has 2 heterocycles. The van der Waals surface area contributed by atoms with E-state index in [4.69, 9.17) is 5.73 Å². The largest absolute Gasteiger partial charge is 0.384 e. The van der Waals surface area contributed by atoms with Crippen LogP contribution in [0, 0.1) is 17.2 Å². The van der Waals surface area contributed by atoms with Crippen molar-refractivity contribution in [1.29, 1.82) is 5.26 Å². The number of amides is 1. The molecule has 7 heteroatoms. The summed E-state index contributed by atoms with van der Waals surface area (Å²) in [7, 11) is 0. The van der Waals surface area contributed by atoms with Gasteiger partial charge < -0.3 is 15.6 Å². The molecule has 7 nitrogen and oxygen atoms in total. The fraction of sp³-hybridized carbons (Fsp3) is 0.294. The number of hydrogen-bond acceptors (Lipinski definition) is 5. The van der Waals surface area contributed by atoms with Gasteiger partial charge in [-0.3, -0.25) is 4.79 Å². The van der Waals surface area contributed by atoms with E-state index < -0.39 is 0 Å². The lowest BCUT2D eigenvalue weighted by Gasteiger charge is -2.08. The third-order valence-electron chi connectivity index (χ3n) is 4.29. The molecule has 0 aliphatic heterocycles. The minimum absolute atomic E-state index is 0.0853. The maximum absolute atomic E-state index is 11.7. The molecule has 1 fully saturated rings. The Labute approximate surface area is 138 Å². The second kappa shape index (κ2) is 5.49. The first kappa shape index (κ1) is 14.5. The number of rotatable bonds is 4. The van der Waals surface area contributed by atoms with Crippen LogP contribution in [0.4, 0.5) is 5.82 Å². The van der Waals surface area contributed by atoms with Crippen LogP contribution in [0.15, 0.2) is 24.3 Å². The summed E-state index contributed by atoms with van der Waals surface area (Å²) in [6, 6.07) is 9.61. The molecule has 4 rings (SSSR count). The van der Waals surface area contributed by atoms with Gasteiger partial charge in [0.1, 0.15) is 23.0 Å². The summed E-state index contributed by atoms with van der Waals surface area (Å²) in [6.45, 7) is 0.901. The van der Waals surface area contributed by atoms with E-state index in [9.17, 15) is 10.1 Å². The quantitative estimate of drug-likeness (QED) is 0.758. The zero-order valence-corrected chi connectivity index (χ0v) is 13.0. The monoisotopic (exact) mass is 320 g/mol. The molecule has 1 amide bonds. The highest BCUT2D eigenvalue weighted by atomic mass is 16.2. The fourth-order valence-electron chi connectivity index (χ4n) is 2.83. The van der Waals surface area contributed by atoms with Crippen LogP contribution >= 0.6 is 0 Å². The third kappa shape index (κ3) is 2.33. The van der Waals surface area contributed by atoms with Crippen LogP contribution in [0.1, 0.15) is 18.4 Å². The summed E-state index contributed by atoms with van der Waals surface area (Å²) in [4.78, 5) is 20.9. The lowest BCUT2D eigenvalue weighted by atomic mass is 10.2. The van der Waals surface area contributed by atoms with E-state index in [1.165, 1.54) is 0 Å². The predicted molar refractivity (Wildman–Crippen MR) is 89.9 cm³/mol. The van der Waals surface area contributed by atoms with Gasteiger partial charge in [-0.1, -0.05) is 12.1 Å². The number of hydrogen-bond donors (Lipinski definition) is 2. The second-order valence-corrected chi connectivity index (χ2v) is 5.97. The predicted octanol–water partition coefficient (Wildman–Crippen LogP) is 1.56. The van der Waals surface area contributed by atoms with Gasteiger partial charge in [-0.05, 0) is 25.0 Å². The van der Waals surface area contributed by atoms with Crippen LogP contribution in [0.25, 0.3) is 22.2 Å². The maximum Gasteiger partial charge on any atom is 0.223 e. The Bertz CT molecular complexity index is 996. The van der Waals surface area contributed by atoms with E-state index in [1.807, 2.05) is 24.3 Å². The molecule has 1 saturated carbocycles. The van der Waals surface area contributed by atoms with Crippen molar-refractivity contribution in [2.45, 2.75) is 19.4 Å². The summed E-state index contributed by atoms with van der Waals surface area (Å²) in [5.41, 5.74) is 9.00. The van der Waals surface area contributed by atoms with Crippen LogP contribution in [-0.4, -0.2) is 27.0 Å². The molecule has 24 heavy (non-hydrogen) atoms. The smallest absolute Gasteiger partial charge is 0.223 e. The molecule has 0 radical (unpaired) electrons. The van der Waals surface area contributed by atoms with Gasteiger partial charge in [0.2, 0.25) is 5.91 Å².